The molecule has 0 heterocycles. The van der Waals surface area contributed by atoms with Gasteiger partial charge in [-0.25, -0.2) is 0 Å². The highest BCUT2D eigenvalue weighted by molar-refractivity contribution is 6.32. The van der Waals surface area contributed by atoms with E-state index >= 15 is 0 Å². The number of allylic oxidation sites excluding steroid dienone is 4. The van der Waals surface area contributed by atoms with Crippen LogP contribution in [-0.4, -0.2) is 10.8 Å². The van der Waals surface area contributed by atoms with Crippen molar-refractivity contribution in [1.29, 1.82) is 0 Å². The van der Waals surface area contributed by atoms with Crippen molar-refractivity contribution >= 4 is 40.3 Å². The Labute approximate surface area is 239 Å². The van der Waals surface area contributed by atoms with Gasteiger partial charge in [0.15, 0.2) is 0 Å². The maximum Gasteiger partial charge on any atom is 0.0750 e. The van der Waals surface area contributed by atoms with Crippen LogP contribution in [0.2, 0.25) is 0 Å². The molecule has 0 bridgehead atoms. The first-order chi connectivity index (χ1) is 17.9. The van der Waals surface area contributed by atoms with Gasteiger partial charge in [-0.15, -0.1) is 23.2 Å². The molecule has 2 aliphatic carbocycles. The number of halogens is 2. The van der Waals surface area contributed by atoms with Crippen LogP contribution in [0, 0.1) is 0 Å². The Morgan fingerprint density at radius 3 is 1.79 bits per heavy atom. The van der Waals surface area contributed by atoms with Crippen LogP contribution in [0.4, 0.5) is 17.1 Å². The largest absolute Gasteiger partial charge is 0.310 e. The molecule has 38 heavy (non-hydrogen) atoms. The summed E-state index contributed by atoms with van der Waals surface area (Å²) < 4.78 is 0. The van der Waals surface area contributed by atoms with Crippen molar-refractivity contribution in [2.75, 3.05) is 4.90 Å². The van der Waals surface area contributed by atoms with Crippen molar-refractivity contribution in [1.82, 2.24) is 0 Å². The molecule has 0 N–H and O–H groups in total. The van der Waals surface area contributed by atoms with Crippen molar-refractivity contribution < 1.29 is 0 Å². The summed E-state index contributed by atoms with van der Waals surface area (Å²) in [5, 5.41) is -0.282. The lowest BCUT2D eigenvalue weighted by Crippen LogP contribution is -2.20. The molecule has 198 valence electrons. The highest BCUT2D eigenvalue weighted by Crippen LogP contribution is 2.43. The van der Waals surface area contributed by atoms with E-state index in [1.165, 1.54) is 50.5 Å². The predicted octanol–water partition coefficient (Wildman–Crippen LogP) is 10.3. The molecule has 0 aromatic heterocycles. The van der Waals surface area contributed by atoms with Crippen molar-refractivity contribution in [3.8, 4) is 0 Å². The second-order valence-electron chi connectivity index (χ2n) is 12.8. The predicted molar refractivity (Wildman–Crippen MR) is 166 cm³/mol. The van der Waals surface area contributed by atoms with Gasteiger partial charge in [0.1, 0.15) is 0 Å². The number of benzene rings is 3. The average Bonchev–Trinajstić information content (AvgIpc) is 3.06. The van der Waals surface area contributed by atoms with E-state index in [0.29, 0.717) is 0 Å². The smallest absolute Gasteiger partial charge is 0.0750 e. The lowest BCUT2D eigenvalue weighted by molar-refractivity contribution is 0.590. The first-order valence-electron chi connectivity index (χ1n) is 13.7. The zero-order chi connectivity index (χ0) is 27.2. The van der Waals surface area contributed by atoms with E-state index in [4.69, 9.17) is 23.2 Å². The first kappa shape index (κ1) is 27.1. The van der Waals surface area contributed by atoms with E-state index in [9.17, 15) is 0 Å². The summed E-state index contributed by atoms with van der Waals surface area (Å²) in [5.41, 5.74) is 11.8. The molecule has 0 amide bonds. The van der Waals surface area contributed by atoms with E-state index in [0.717, 1.165) is 19.3 Å². The van der Waals surface area contributed by atoms with Gasteiger partial charge in [-0.2, -0.15) is 0 Å². The van der Waals surface area contributed by atoms with Crippen molar-refractivity contribution in [2.45, 2.75) is 82.4 Å². The Morgan fingerprint density at radius 1 is 0.711 bits per heavy atom. The minimum absolute atomic E-state index is 0.107. The molecule has 3 aromatic carbocycles. The number of anilines is 3. The number of hydrogen-bond acceptors (Lipinski definition) is 1. The summed E-state index contributed by atoms with van der Waals surface area (Å²) in [6, 6.07) is 24.9. The van der Waals surface area contributed by atoms with E-state index in [1.54, 1.807) is 0 Å². The summed E-state index contributed by atoms with van der Waals surface area (Å²) >= 11 is 13.3. The molecular formula is C35H39Cl2N. The molecule has 2 aliphatic rings. The average molecular weight is 545 g/mol. The minimum Gasteiger partial charge on any atom is -0.310 e. The van der Waals surface area contributed by atoms with Gasteiger partial charge < -0.3 is 4.90 Å². The number of nitrogens with zero attached hydrogens (tertiary/aromatic N) is 1. The minimum atomic E-state index is -0.143. The number of fused-ring (bicyclic) bond motifs is 1. The van der Waals surface area contributed by atoms with Gasteiger partial charge in [0.2, 0.25) is 0 Å². The Morgan fingerprint density at radius 2 is 1.26 bits per heavy atom. The Balaban J connectivity index is 1.65. The fraction of sp³-hybridized carbons (Fsp3) is 0.371. The molecule has 0 radical (unpaired) electrons. The number of rotatable bonds is 3. The van der Waals surface area contributed by atoms with Crippen molar-refractivity contribution in [3.63, 3.8) is 0 Å². The molecule has 3 aromatic rings. The third kappa shape index (κ3) is 5.33. The topological polar surface area (TPSA) is 3.24 Å². The summed E-state index contributed by atoms with van der Waals surface area (Å²) in [7, 11) is 0. The lowest BCUT2D eigenvalue weighted by Gasteiger charge is -2.30. The second-order valence-corrected chi connectivity index (χ2v) is 13.8. The van der Waals surface area contributed by atoms with Gasteiger partial charge in [-0.05, 0) is 93.8 Å². The molecule has 3 heteroatoms. The normalized spacial score (nSPS) is 19.6. The first-order valence-corrected chi connectivity index (χ1v) is 14.6. The van der Waals surface area contributed by atoms with Gasteiger partial charge >= 0.3 is 0 Å². The SMILES string of the molecule is CC(C)(C)c1ccc(N(c2ccc(C(C)(C)C)cc2)c2cccc3c2CC2=C(CC3)C(Cl)C(Cl)C=C2)cc1. The number of hydrogen-bond donors (Lipinski definition) is 0. The fourth-order valence-electron chi connectivity index (χ4n) is 5.63. The number of aryl methyl sites for hydroxylation is 1. The zero-order valence-electron chi connectivity index (χ0n) is 23.5. The van der Waals surface area contributed by atoms with Crippen molar-refractivity contribution in [2.24, 2.45) is 0 Å². The van der Waals surface area contributed by atoms with E-state index in [2.05, 4.69) is 125 Å². The Hall–Kier alpha value is -2.48. The molecule has 0 aliphatic heterocycles. The molecule has 1 nitrogen and oxygen atoms in total. The van der Waals surface area contributed by atoms with Crippen LogP contribution in [0.15, 0.2) is 90.0 Å². The van der Waals surface area contributed by atoms with Gasteiger partial charge in [-0.1, -0.05) is 90.1 Å². The molecule has 2 unspecified atom stereocenters. The quantitative estimate of drug-likeness (QED) is 0.297. The maximum absolute atomic E-state index is 6.80. The van der Waals surface area contributed by atoms with Crippen LogP contribution in [0.25, 0.3) is 0 Å². The summed E-state index contributed by atoms with van der Waals surface area (Å²) in [6.07, 6.45) is 7.05. The highest BCUT2D eigenvalue weighted by atomic mass is 35.5. The molecular weight excluding hydrogens is 505 g/mol. The maximum atomic E-state index is 6.80. The molecule has 0 spiro atoms. The second kappa shape index (κ2) is 10.2. The van der Waals surface area contributed by atoms with Crippen LogP contribution in [0.3, 0.4) is 0 Å². The zero-order valence-corrected chi connectivity index (χ0v) is 25.0. The standard InChI is InChI=1S/C35H39Cl2N/c1-34(2,3)25-12-16-27(17-13-25)38(28-18-14-26(15-19-28)35(4,5)6)32-9-7-8-23-10-20-29-24(22-30(23)32)11-21-31(36)33(29)37/h7-9,11-19,21,31,33H,10,20,22H2,1-6H3. The van der Waals surface area contributed by atoms with Crippen molar-refractivity contribution in [3.05, 3.63) is 112 Å². The monoisotopic (exact) mass is 543 g/mol. The van der Waals surface area contributed by atoms with Crippen LogP contribution >= 0.6 is 23.2 Å². The molecule has 0 fully saturated rings. The Bertz CT molecular complexity index is 1310. The third-order valence-electron chi connectivity index (χ3n) is 8.01. The molecule has 2 atom stereocenters. The van der Waals surface area contributed by atoms with Crippen LogP contribution in [-0.2, 0) is 23.7 Å². The van der Waals surface area contributed by atoms with E-state index < -0.39 is 0 Å². The molecule has 5 rings (SSSR count). The summed E-state index contributed by atoms with van der Waals surface area (Å²) in [4.78, 5) is 2.43. The number of alkyl halides is 2. The van der Waals surface area contributed by atoms with Gasteiger partial charge in [-0.3, -0.25) is 0 Å². The fourth-order valence-corrected chi connectivity index (χ4v) is 6.19. The molecule has 0 saturated carbocycles. The van der Waals surface area contributed by atoms with E-state index in [-0.39, 0.29) is 21.6 Å². The van der Waals surface area contributed by atoms with Crippen LogP contribution in [0.1, 0.15) is 70.2 Å². The third-order valence-corrected chi connectivity index (χ3v) is 9.07. The van der Waals surface area contributed by atoms with Gasteiger partial charge in [0.25, 0.3) is 0 Å². The van der Waals surface area contributed by atoms with E-state index in [1.807, 2.05) is 0 Å². The van der Waals surface area contributed by atoms with Gasteiger partial charge in [0, 0.05) is 17.1 Å². The Kier molecular flexibility index (Phi) is 7.31. The summed E-state index contributed by atoms with van der Waals surface area (Å²) in [6.45, 7) is 13.6. The van der Waals surface area contributed by atoms with Crippen LogP contribution in [0.5, 0.6) is 0 Å². The highest BCUT2D eigenvalue weighted by Gasteiger charge is 2.29. The lowest BCUT2D eigenvalue weighted by atomic mass is 9.86. The van der Waals surface area contributed by atoms with Crippen LogP contribution < -0.4 is 4.90 Å². The van der Waals surface area contributed by atoms with Gasteiger partial charge in [0.05, 0.1) is 10.8 Å². The summed E-state index contributed by atoms with van der Waals surface area (Å²) in [5.74, 6) is 0. The molecule has 0 saturated heterocycles.